The first kappa shape index (κ1) is 14.9. The number of hydrogen-bond acceptors (Lipinski definition) is 5. The van der Waals surface area contributed by atoms with E-state index in [9.17, 15) is 4.79 Å². The van der Waals surface area contributed by atoms with Gasteiger partial charge in [-0.25, -0.2) is 9.97 Å². The average molecular weight is 316 g/mol. The van der Waals surface area contributed by atoms with Crippen molar-refractivity contribution in [3.8, 4) is 0 Å². The van der Waals surface area contributed by atoms with Crippen molar-refractivity contribution in [3.05, 3.63) is 17.0 Å². The normalized spacial score (nSPS) is 26.5. The van der Waals surface area contributed by atoms with Gasteiger partial charge >= 0.3 is 0 Å². The molecule has 3 aliphatic rings. The van der Waals surface area contributed by atoms with Crippen LogP contribution in [0.2, 0.25) is 0 Å². The van der Waals surface area contributed by atoms with Gasteiger partial charge in [-0.2, -0.15) is 0 Å². The summed E-state index contributed by atoms with van der Waals surface area (Å²) < 4.78 is 5.89. The van der Waals surface area contributed by atoms with Crippen LogP contribution in [-0.4, -0.2) is 54.6 Å². The molecule has 124 valence electrons. The lowest BCUT2D eigenvalue weighted by Gasteiger charge is -2.35. The second-order valence-corrected chi connectivity index (χ2v) is 7.39. The van der Waals surface area contributed by atoms with Crippen LogP contribution in [0.25, 0.3) is 0 Å². The lowest BCUT2D eigenvalue weighted by molar-refractivity contribution is -0.131. The van der Waals surface area contributed by atoms with E-state index in [1.165, 1.54) is 0 Å². The fourth-order valence-corrected chi connectivity index (χ4v) is 3.77. The Bertz CT molecular complexity index is 656. The molecule has 6 nitrogen and oxygen atoms in total. The molecule has 0 bridgehead atoms. The van der Waals surface area contributed by atoms with Crippen LogP contribution in [0.15, 0.2) is 0 Å². The van der Waals surface area contributed by atoms with Crippen LogP contribution in [0.3, 0.4) is 0 Å². The maximum absolute atomic E-state index is 12.4. The summed E-state index contributed by atoms with van der Waals surface area (Å²) in [4.78, 5) is 25.9. The third-order valence-corrected chi connectivity index (χ3v) is 5.32. The second-order valence-electron chi connectivity index (χ2n) is 7.39. The molecule has 1 saturated heterocycles. The van der Waals surface area contributed by atoms with Gasteiger partial charge < -0.3 is 14.5 Å². The molecule has 3 heterocycles. The molecule has 1 aromatic heterocycles. The molecule has 4 rings (SSSR count). The molecule has 1 unspecified atom stereocenters. The third kappa shape index (κ3) is 2.40. The Morgan fingerprint density at radius 3 is 2.83 bits per heavy atom. The Morgan fingerprint density at radius 2 is 2.13 bits per heavy atom. The Morgan fingerprint density at radius 1 is 1.35 bits per heavy atom. The van der Waals surface area contributed by atoms with Crippen LogP contribution in [0, 0.1) is 12.8 Å². The molecule has 1 spiro atoms. The summed E-state index contributed by atoms with van der Waals surface area (Å²) in [5.41, 5.74) is 3.05. The zero-order valence-corrected chi connectivity index (χ0v) is 14.1. The highest BCUT2D eigenvalue weighted by molar-refractivity contribution is 5.81. The molecule has 2 aliphatic heterocycles. The van der Waals surface area contributed by atoms with E-state index in [0.29, 0.717) is 19.1 Å². The van der Waals surface area contributed by atoms with Gasteiger partial charge in [-0.3, -0.25) is 4.79 Å². The molecule has 2 fully saturated rings. The fraction of sp³-hybridized carbons (Fsp3) is 0.706. The number of ether oxygens (including phenoxy) is 1. The zero-order chi connectivity index (χ0) is 16.2. The number of likely N-dealkylation sites (tertiary alicyclic amines) is 1. The molecule has 0 N–H and O–H groups in total. The van der Waals surface area contributed by atoms with Gasteiger partial charge in [-0.15, -0.1) is 0 Å². The van der Waals surface area contributed by atoms with E-state index < -0.39 is 0 Å². The lowest BCUT2D eigenvalue weighted by atomic mass is 9.80. The number of carbonyl (C=O) groups is 1. The summed E-state index contributed by atoms with van der Waals surface area (Å²) in [6, 6.07) is 0. The van der Waals surface area contributed by atoms with E-state index in [0.717, 1.165) is 55.3 Å². The maximum atomic E-state index is 12.4. The van der Waals surface area contributed by atoms with Gasteiger partial charge in [0.1, 0.15) is 0 Å². The zero-order valence-electron chi connectivity index (χ0n) is 14.1. The summed E-state index contributed by atoms with van der Waals surface area (Å²) in [6.07, 6.45) is 3.05. The van der Waals surface area contributed by atoms with E-state index in [-0.39, 0.29) is 11.3 Å². The summed E-state index contributed by atoms with van der Waals surface area (Å²) in [5.74, 6) is 1.35. The first-order valence-corrected chi connectivity index (χ1v) is 8.42. The molecule has 1 aromatic rings. The highest BCUT2D eigenvalue weighted by Gasteiger charge is 2.48. The molecule has 1 saturated carbocycles. The standard InChI is InChI=1S/C17H24N4O2/c1-11-13-8-23-10-17(14(13)19-16(18-11)20(2)3)6-7-21(9-17)15(22)12-4-5-12/h12H,4-10H2,1-3H3. The lowest BCUT2D eigenvalue weighted by Crippen LogP contribution is -2.42. The number of amides is 1. The molecule has 23 heavy (non-hydrogen) atoms. The van der Waals surface area contributed by atoms with Crippen LogP contribution in [0.4, 0.5) is 5.95 Å². The number of nitrogens with zero attached hydrogens (tertiary/aromatic N) is 4. The third-order valence-electron chi connectivity index (χ3n) is 5.32. The predicted molar refractivity (Wildman–Crippen MR) is 86.4 cm³/mol. The Balaban J connectivity index is 1.71. The van der Waals surface area contributed by atoms with Gasteiger partial charge in [-0.05, 0) is 26.2 Å². The van der Waals surface area contributed by atoms with Crippen molar-refractivity contribution in [3.63, 3.8) is 0 Å². The van der Waals surface area contributed by atoms with Gasteiger partial charge in [0.2, 0.25) is 11.9 Å². The van der Waals surface area contributed by atoms with Gasteiger partial charge in [-0.1, -0.05) is 0 Å². The van der Waals surface area contributed by atoms with Crippen molar-refractivity contribution >= 4 is 11.9 Å². The highest BCUT2D eigenvalue weighted by Crippen LogP contribution is 2.42. The van der Waals surface area contributed by atoms with E-state index >= 15 is 0 Å². The van der Waals surface area contributed by atoms with E-state index in [4.69, 9.17) is 9.72 Å². The molecule has 0 radical (unpaired) electrons. The predicted octanol–water partition coefficient (Wildman–Crippen LogP) is 1.26. The van der Waals surface area contributed by atoms with Gasteiger partial charge in [0, 0.05) is 44.4 Å². The van der Waals surface area contributed by atoms with Gasteiger partial charge in [0.15, 0.2) is 0 Å². The quantitative estimate of drug-likeness (QED) is 0.822. The molecular weight excluding hydrogens is 292 g/mol. The molecule has 0 aromatic carbocycles. The molecule has 1 amide bonds. The van der Waals surface area contributed by atoms with Gasteiger partial charge in [0.05, 0.1) is 24.3 Å². The summed E-state index contributed by atoms with van der Waals surface area (Å²) >= 11 is 0. The summed E-state index contributed by atoms with van der Waals surface area (Å²) in [6.45, 7) is 4.81. The first-order chi connectivity index (χ1) is 11.0. The topological polar surface area (TPSA) is 58.6 Å². The van der Waals surface area contributed by atoms with Crippen molar-refractivity contribution < 1.29 is 9.53 Å². The van der Waals surface area contributed by atoms with Gasteiger partial charge in [0.25, 0.3) is 0 Å². The molecule has 1 aliphatic carbocycles. The Kier molecular flexibility index (Phi) is 3.34. The van der Waals surface area contributed by atoms with Crippen LogP contribution < -0.4 is 4.90 Å². The summed E-state index contributed by atoms with van der Waals surface area (Å²) in [5, 5.41) is 0. The SMILES string of the molecule is Cc1nc(N(C)C)nc2c1COCC21CCN(C(=O)C2CC2)C1. The van der Waals surface area contributed by atoms with Crippen molar-refractivity contribution in [2.45, 2.75) is 38.2 Å². The number of aromatic nitrogens is 2. The number of hydrogen-bond donors (Lipinski definition) is 0. The van der Waals surface area contributed by atoms with Crippen LogP contribution in [0.5, 0.6) is 0 Å². The number of anilines is 1. The average Bonchev–Trinajstić information content (AvgIpc) is 3.29. The second kappa shape index (κ2) is 5.16. The highest BCUT2D eigenvalue weighted by atomic mass is 16.5. The molecule has 1 atom stereocenters. The Hall–Kier alpha value is -1.69. The van der Waals surface area contributed by atoms with E-state index in [1.807, 2.05) is 30.8 Å². The smallest absolute Gasteiger partial charge is 0.225 e. The van der Waals surface area contributed by atoms with Crippen LogP contribution in [0.1, 0.15) is 36.2 Å². The largest absolute Gasteiger partial charge is 0.376 e. The van der Waals surface area contributed by atoms with Crippen molar-refractivity contribution in [2.24, 2.45) is 5.92 Å². The summed E-state index contributed by atoms with van der Waals surface area (Å²) in [7, 11) is 3.93. The number of rotatable bonds is 2. The number of fused-ring (bicyclic) bond motifs is 2. The number of carbonyl (C=O) groups excluding carboxylic acids is 1. The minimum Gasteiger partial charge on any atom is -0.376 e. The number of aryl methyl sites for hydroxylation is 1. The Labute approximate surface area is 136 Å². The first-order valence-electron chi connectivity index (χ1n) is 8.42. The minimum absolute atomic E-state index is 0.156. The van der Waals surface area contributed by atoms with E-state index in [1.54, 1.807) is 0 Å². The monoisotopic (exact) mass is 316 g/mol. The maximum Gasteiger partial charge on any atom is 0.225 e. The molecule has 6 heteroatoms. The van der Waals surface area contributed by atoms with E-state index in [2.05, 4.69) is 4.98 Å². The fourth-order valence-electron chi connectivity index (χ4n) is 3.77. The van der Waals surface area contributed by atoms with Crippen molar-refractivity contribution in [1.82, 2.24) is 14.9 Å². The van der Waals surface area contributed by atoms with Crippen LogP contribution >= 0.6 is 0 Å². The minimum atomic E-state index is -0.156. The van der Waals surface area contributed by atoms with Crippen molar-refractivity contribution in [1.29, 1.82) is 0 Å². The van der Waals surface area contributed by atoms with Crippen molar-refractivity contribution in [2.75, 3.05) is 38.7 Å². The molecular formula is C17H24N4O2. The van der Waals surface area contributed by atoms with Crippen LogP contribution in [-0.2, 0) is 21.6 Å².